The molecular formula is C32H30FN7O4S. The van der Waals surface area contributed by atoms with Crippen molar-refractivity contribution in [1.29, 1.82) is 5.26 Å². The van der Waals surface area contributed by atoms with Crippen molar-refractivity contribution in [2.75, 3.05) is 26.0 Å². The Bertz CT molecular complexity index is 2030. The molecule has 45 heavy (non-hydrogen) atoms. The number of methoxy groups -OCH3 is 1. The highest BCUT2D eigenvalue weighted by Crippen LogP contribution is 2.36. The maximum Gasteiger partial charge on any atom is 0.314 e. The van der Waals surface area contributed by atoms with Gasteiger partial charge in [-0.15, -0.1) is 0 Å². The van der Waals surface area contributed by atoms with Gasteiger partial charge < -0.3 is 9.30 Å². The predicted molar refractivity (Wildman–Crippen MR) is 165 cm³/mol. The summed E-state index contributed by atoms with van der Waals surface area (Å²) < 4.78 is 49.9. The van der Waals surface area contributed by atoms with Crippen LogP contribution in [0.4, 0.5) is 4.39 Å². The maximum atomic E-state index is 15.3. The van der Waals surface area contributed by atoms with Gasteiger partial charge in [0, 0.05) is 48.5 Å². The molecule has 0 amide bonds. The van der Waals surface area contributed by atoms with Gasteiger partial charge in [0.05, 0.1) is 43.2 Å². The van der Waals surface area contributed by atoms with E-state index in [9.17, 15) is 18.5 Å². The number of rotatable bonds is 10. The summed E-state index contributed by atoms with van der Waals surface area (Å²) in [5.74, 6) is -1.78. The van der Waals surface area contributed by atoms with Crippen molar-refractivity contribution < 1.29 is 22.3 Å². The second kappa shape index (κ2) is 11.9. The van der Waals surface area contributed by atoms with E-state index in [-0.39, 0.29) is 31.8 Å². The second-order valence-electron chi connectivity index (χ2n) is 11.0. The number of nitrogens with zero attached hydrogens (tertiary/aromatic N) is 7. The number of hydrogen-bond donors (Lipinski definition) is 0. The minimum atomic E-state index is -3.38. The molecule has 13 heteroatoms. The molecule has 0 radical (unpaired) electrons. The number of halogens is 1. The lowest BCUT2D eigenvalue weighted by atomic mass is 9.89. The summed E-state index contributed by atoms with van der Waals surface area (Å²) >= 11 is 0. The first-order chi connectivity index (χ1) is 21.7. The van der Waals surface area contributed by atoms with E-state index in [1.54, 1.807) is 46.9 Å². The zero-order chi connectivity index (χ0) is 31.8. The fourth-order valence-electron chi connectivity index (χ4n) is 5.81. The Labute approximate surface area is 259 Å². The molecule has 230 valence electrons. The summed E-state index contributed by atoms with van der Waals surface area (Å²) in [4.78, 5) is 21.9. The van der Waals surface area contributed by atoms with Crippen molar-refractivity contribution in [3.63, 3.8) is 0 Å². The summed E-state index contributed by atoms with van der Waals surface area (Å²) in [6.07, 6.45) is 6.69. The minimum Gasteiger partial charge on any atom is -0.468 e. The fraction of sp³-hybridized carbons (Fsp3) is 0.281. The molecule has 11 nitrogen and oxygen atoms in total. The number of sulfonamides is 1. The smallest absolute Gasteiger partial charge is 0.314 e. The van der Waals surface area contributed by atoms with E-state index in [0.717, 1.165) is 5.56 Å². The number of nitriles is 1. The molecule has 0 bridgehead atoms. The van der Waals surface area contributed by atoms with Crippen molar-refractivity contribution in [2.45, 2.75) is 31.3 Å². The van der Waals surface area contributed by atoms with E-state index in [0.29, 0.717) is 33.4 Å². The summed E-state index contributed by atoms with van der Waals surface area (Å²) in [5.41, 5.74) is 2.67. The first-order valence-corrected chi connectivity index (χ1v) is 15.9. The molecule has 1 aliphatic heterocycles. The zero-order valence-corrected chi connectivity index (χ0v) is 25.5. The molecule has 1 aliphatic rings. The normalized spacial score (nSPS) is 15.3. The third-order valence-corrected chi connectivity index (χ3v) is 10.1. The Balaban J connectivity index is 1.30. The van der Waals surface area contributed by atoms with Crippen LogP contribution in [0.5, 0.6) is 0 Å². The van der Waals surface area contributed by atoms with Crippen molar-refractivity contribution in [1.82, 2.24) is 28.6 Å². The van der Waals surface area contributed by atoms with Crippen LogP contribution in [0.2, 0.25) is 0 Å². The highest BCUT2D eigenvalue weighted by atomic mass is 32.2. The fourth-order valence-corrected chi connectivity index (χ4v) is 7.05. The average Bonchev–Trinajstić information content (AvgIpc) is 3.69. The maximum absolute atomic E-state index is 15.3. The van der Waals surface area contributed by atoms with Gasteiger partial charge in [-0.1, -0.05) is 42.5 Å². The number of esters is 1. The van der Waals surface area contributed by atoms with E-state index < -0.39 is 33.3 Å². The van der Waals surface area contributed by atoms with Gasteiger partial charge in [-0.25, -0.2) is 22.8 Å². The van der Waals surface area contributed by atoms with Crippen molar-refractivity contribution in [2.24, 2.45) is 0 Å². The number of ether oxygens (including phenoxy) is 1. The molecule has 6 rings (SSSR count). The Kier molecular flexibility index (Phi) is 7.94. The third-order valence-electron chi connectivity index (χ3n) is 8.35. The third kappa shape index (κ3) is 5.47. The molecular weight excluding hydrogens is 597 g/mol. The molecule has 2 aromatic carbocycles. The van der Waals surface area contributed by atoms with E-state index in [1.807, 2.05) is 36.4 Å². The molecule has 5 aromatic rings. The van der Waals surface area contributed by atoms with Gasteiger partial charge in [0.1, 0.15) is 23.3 Å². The van der Waals surface area contributed by atoms with Gasteiger partial charge in [0.25, 0.3) is 0 Å². The molecule has 1 fully saturated rings. The number of benzene rings is 2. The van der Waals surface area contributed by atoms with Gasteiger partial charge in [0.15, 0.2) is 0 Å². The monoisotopic (exact) mass is 627 g/mol. The van der Waals surface area contributed by atoms with Crippen LogP contribution in [0.1, 0.15) is 24.8 Å². The largest absolute Gasteiger partial charge is 0.468 e. The lowest BCUT2D eigenvalue weighted by Crippen LogP contribution is -2.64. The minimum absolute atomic E-state index is 0.0132. The standard InChI is InChI=1S/C32H30FN7O4S/c1-3-45(42,43)39-19-32(20-39,12-13-34)40-17-24(16-37-40)29-26-11-14-38(30(26)36-21-35-29)18-27(31(41)44-2)23-9-10-25(28(33)15-23)22-7-5-4-6-8-22/h4-11,14-17,21,27H,3,12,18-20H2,1-2H3. The SMILES string of the molecule is CCS(=O)(=O)N1CC(CC#N)(n2cc(-c3ncnc4c3ccn4CC(C(=O)OC)c3ccc(-c4ccccc4)c(F)c3)cn2)C1. The van der Waals surface area contributed by atoms with Crippen molar-refractivity contribution in [3.05, 3.63) is 90.9 Å². The van der Waals surface area contributed by atoms with Crippen LogP contribution >= 0.6 is 0 Å². The van der Waals surface area contributed by atoms with Gasteiger partial charge in [-0.2, -0.15) is 14.7 Å². The first kappa shape index (κ1) is 30.1. The number of aromatic nitrogens is 5. The topological polar surface area (TPSA) is 136 Å². The molecule has 1 atom stereocenters. The second-order valence-corrected chi connectivity index (χ2v) is 13.3. The molecule has 1 saturated heterocycles. The number of hydrogen-bond acceptors (Lipinski definition) is 8. The Morgan fingerprint density at radius 3 is 2.60 bits per heavy atom. The molecule has 3 aromatic heterocycles. The van der Waals surface area contributed by atoms with E-state index >= 15 is 4.39 Å². The van der Waals surface area contributed by atoms with Crippen LogP contribution in [0.15, 0.2) is 79.5 Å². The summed E-state index contributed by atoms with van der Waals surface area (Å²) in [7, 11) is -2.08. The molecule has 0 spiro atoms. The predicted octanol–water partition coefficient (Wildman–Crippen LogP) is 4.33. The first-order valence-electron chi connectivity index (χ1n) is 14.3. The lowest BCUT2D eigenvalue weighted by molar-refractivity contribution is -0.142. The Morgan fingerprint density at radius 2 is 1.91 bits per heavy atom. The zero-order valence-electron chi connectivity index (χ0n) is 24.7. The average molecular weight is 628 g/mol. The summed E-state index contributed by atoms with van der Waals surface area (Å²) in [6, 6.07) is 18.0. The van der Waals surface area contributed by atoms with Gasteiger partial charge in [-0.3, -0.25) is 9.48 Å². The summed E-state index contributed by atoms with van der Waals surface area (Å²) in [5, 5.41) is 14.7. The van der Waals surface area contributed by atoms with Crippen LogP contribution in [-0.4, -0.2) is 69.0 Å². The van der Waals surface area contributed by atoms with Gasteiger partial charge in [-0.05, 0) is 30.2 Å². The highest BCUT2D eigenvalue weighted by molar-refractivity contribution is 7.89. The van der Waals surface area contributed by atoms with Crippen LogP contribution in [0.3, 0.4) is 0 Å². The van der Waals surface area contributed by atoms with Crippen molar-refractivity contribution >= 4 is 27.0 Å². The highest BCUT2D eigenvalue weighted by Gasteiger charge is 2.49. The van der Waals surface area contributed by atoms with Crippen molar-refractivity contribution in [3.8, 4) is 28.5 Å². The molecule has 1 unspecified atom stereocenters. The number of fused-ring (bicyclic) bond motifs is 1. The van der Waals surface area contributed by atoms with Crippen LogP contribution in [0, 0.1) is 17.1 Å². The van der Waals surface area contributed by atoms with Crippen LogP contribution in [-0.2, 0) is 31.6 Å². The lowest BCUT2D eigenvalue weighted by Gasteiger charge is -2.47. The quantitative estimate of drug-likeness (QED) is 0.209. The Morgan fingerprint density at radius 1 is 1.13 bits per heavy atom. The van der Waals surface area contributed by atoms with Crippen LogP contribution < -0.4 is 0 Å². The molecule has 0 aliphatic carbocycles. The van der Waals surface area contributed by atoms with E-state index in [1.165, 1.54) is 23.8 Å². The van der Waals surface area contributed by atoms with E-state index in [2.05, 4.69) is 21.1 Å². The number of carbonyl (C=O) groups excluding carboxylic acids is 1. The number of carbonyl (C=O) groups is 1. The van der Waals surface area contributed by atoms with E-state index in [4.69, 9.17) is 4.74 Å². The van der Waals surface area contributed by atoms with Gasteiger partial charge in [0.2, 0.25) is 10.0 Å². The molecule has 0 N–H and O–H groups in total. The Hall–Kier alpha value is -4.93. The van der Waals surface area contributed by atoms with Gasteiger partial charge >= 0.3 is 5.97 Å². The van der Waals surface area contributed by atoms with Crippen LogP contribution in [0.25, 0.3) is 33.4 Å². The summed E-state index contributed by atoms with van der Waals surface area (Å²) in [6.45, 7) is 2.05. The molecule has 0 saturated carbocycles. The molecule has 4 heterocycles.